The topological polar surface area (TPSA) is 15.7 Å². The Morgan fingerprint density at radius 2 is 1.96 bits per heavy atom. The second-order valence-corrected chi connectivity index (χ2v) is 9.74. The van der Waals surface area contributed by atoms with Crippen molar-refractivity contribution in [2.45, 2.75) is 45.6 Å². The van der Waals surface area contributed by atoms with E-state index >= 15 is 0 Å². The van der Waals surface area contributed by atoms with Crippen molar-refractivity contribution in [1.29, 1.82) is 0 Å². The summed E-state index contributed by atoms with van der Waals surface area (Å²) in [7, 11) is 0. The van der Waals surface area contributed by atoms with Crippen LogP contribution in [-0.4, -0.2) is 55.7 Å². The van der Waals surface area contributed by atoms with Gasteiger partial charge in [0.05, 0.1) is 0 Å². The first kappa shape index (κ1) is 17.0. The van der Waals surface area contributed by atoms with Crippen molar-refractivity contribution >= 4 is 11.3 Å². The lowest BCUT2D eigenvalue weighted by atomic mass is 9.79. The van der Waals surface area contributed by atoms with E-state index in [1.165, 1.54) is 76.2 Å². The van der Waals surface area contributed by atoms with Crippen LogP contribution in [-0.2, 0) is 11.3 Å². The van der Waals surface area contributed by atoms with Crippen LogP contribution in [0.4, 0.5) is 0 Å². The van der Waals surface area contributed by atoms with Gasteiger partial charge in [0.15, 0.2) is 0 Å². The lowest BCUT2D eigenvalue weighted by molar-refractivity contribution is 0.0312. The molecule has 4 heteroatoms. The molecule has 1 atom stereocenters. The highest BCUT2D eigenvalue weighted by Gasteiger charge is 2.41. The molecule has 3 nitrogen and oxygen atoms in total. The average Bonchev–Trinajstić information content (AvgIpc) is 3.15. The first-order valence-corrected chi connectivity index (χ1v) is 10.6. The first-order chi connectivity index (χ1) is 11.7. The Labute approximate surface area is 151 Å². The standard InChI is InChI=1S/C20H32N2OS/c1-17-3-4-19(24-17)14-22-10-8-20(16-22)7-2-9-21(15-20)13-18-5-11-23-12-6-18/h3-4,18H,2,5-16H2,1H3/t20-/m1/s1. The molecule has 3 aliphatic heterocycles. The minimum Gasteiger partial charge on any atom is -0.381 e. The summed E-state index contributed by atoms with van der Waals surface area (Å²) in [5.41, 5.74) is 0.579. The van der Waals surface area contributed by atoms with Crippen LogP contribution >= 0.6 is 11.3 Å². The van der Waals surface area contributed by atoms with Crippen LogP contribution in [0.5, 0.6) is 0 Å². The van der Waals surface area contributed by atoms with Crippen LogP contribution in [0.1, 0.15) is 41.9 Å². The summed E-state index contributed by atoms with van der Waals surface area (Å²) in [6.45, 7) is 11.9. The molecular weight excluding hydrogens is 316 g/mol. The molecule has 1 aromatic rings. The van der Waals surface area contributed by atoms with E-state index in [0.29, 0.717) is 5.41 Å². The highest BCUT2D eigenvalue weighted by molar-refractivity contribution is 7.11. The van der Waals surface area contributed by atoms with Gasteiger partial charge in [0.2, 0.25) is 0 Å². The molecule has 1 spiro atoms. The van der Waals surface area contributed by atoms with Crippen LogP contribution in [0.2, 0.25) is 0 Å². The molecule has 3 aliphatic rings. The number of thiophene rings is 1. The zero-order valence-electron chi connectivity index (χ0n) is 15.1. The second-order valence-electron chi connectivity index (χ2n) is 8.37. The zero-order chi connectivity index (χ0) is 16.4. The Bertz CT molecular complexity index is 539. The average molecular weight is 349 g/mol. The molecule has 0 radical (unpaired) electrons. The van der Waals surface area contributed by atoms with Crippen molar-refractivity contribution in [3.8, 4) is 0 Å². The SMILES string of the molecule is Cc1ccc(CN2CC[C@@]3(CCCN(CC4CCOCC4)C3)C2)s1. The van der Waals surface area contributed by atoms with Gasteiger partial charge in [-0.1, -0.05) is 0 Å². The van der Waals surface area contributed by atoms with Gasteiger partial charge in [-0.3, -0.25) is 4.90 Å². The summed E-state index contributed by atoms with van der Waals surface area (Å²) in [4.78, 5) is 8.49. The summed E-state index contributed by atoms with van der Waals surface area (Å²) in [5.74, 6) is 0.875. The fraction of sp³-hybridized carbons (Fsp3) is 0.800. The molecule has 0 saturated carbocycles. The molecule has 0 bridgehead atoms. The van der Waals surface area contributed by atoms with Gasteiger partial charge < -0.3 is 9.64 Å². The Hall–Kier alpha value is -0.420. The third-order valence-corrected chi connectivity index (χ3v) is 7.28. The smallest absolute Gasteiger partial charge is 0.0469 e. The lowest BCUT2D eigenvalue weighted by Crippen LogP contribution is -2.46. The lowest BCUT2D eigenvalue weighted by Gasteiger charge is -2.42. The number of piperidine rings is 1. The van der Waals surface area contributed by atoms with Gasteiger partial charge in [-0.2, -0.15) is 0 Å². The zero-order valence-corrected chi connectivity index (χ0v) is 16.0. The van der Waals surface area contributed by atoms with Crippen LogP contribution in [0.15, 0.2) is 12.1 Å². The molecule has 0 amide bonds. The molecule has 0 aliphatic carbocycles. The van der Waals surface area contributed by atoms with Crippen molar-refractivity contribution in [2.75, 3.05) is 45.9 Å². The van der Waals surface area contributed by atoms with E-state index in [2.05, 4.69) is 28.9 Å². The van der Waals surface area contributed by atoms with Crippen LogP contribution in [0.25, 0.3) is 0 Å². The van der Waals surface area contributed by atoms with Crippen molar-refractivity contribution in [2.24, 2.45) is 11.3 Å². The third kappa shape index (κ3) is 4.04. The summed E-state index contributed by atoms with van der Waals surface area (Å²) in [5, 5.41) is 0. The maximum Gasteiger partial charge on any atom is 0.0469 e. The van der Waals surface area contributed by atoms with Gasteiger partial charge in [-0.15, -0.1) is 11.3 Å². The van der Waals surface area contributed by atoms with Crippen molar-refractivity contribution < 1.29 is 4.74 Å². The maximum absolute atomic E-state index is 5.53. The predicted octanol–water partition coefficient (Wildman–Crippen LogP) is 3.77. The van der Waals surface area contributed by atoms with Gasteiger partial charge in [0.25, 0.3) is 0 Å². The largest absolute Gasteiger partial charge is 0.381 e. The number of aryl methyl sites for hydroxylation is 1. The van der Waals surface area contributed by atoms with Crippen LogP contribution in [0.3, 0.4) is 0 Å². The first-order valence-electron chi connectivity index (χ1n) is 9.79. The number of likely N-dealkylation sites (tertiary alicyclic amines) is 2. The number of hydrogen-bond donors (Lipinski definition) is 0. The molecule has 0 aromatic carbocycles. The molecule has 0 N–H and O–H groups in total. The number of ether oxygens (including phenoxy) is 1. The Balaban J connectivity index is 1.31. The fourth-order valence-electron chi connectivity index (χ4n) is 5.05. The molecule has 1 aromatic heterocycles. The van der Waals surface area contributed by atoms with E-state index in [4.69, 9.17) is 4.74 Å². The number of nitrogens with zero attached hydrogens (tertiary/aromatic N) is 2. The van der Waals surface area contributed by atoms with E-state index < -0.39 is 0 Å². The minimum atomic E-state index is 0.579. The Kier molecular flexibility index (Phi) is 5.28. The van der Waals surface area contributed by atoms with E-state index in [1.807, 2.05) is 11.3 Å². The molecule has 134 valence electrons. The van der Waals surface area contributed by atoms with Gasteiger partial charge in [0, 0.05) is 49.1 Å². The van der Waals surface area contributed by atoms with Gasteiger partial charge in [0.1, 0.15) is 0 Å². The van der Waals surface area contributed by atoms with Crippen LogP contribution < -0.4 is 0 Å². The van der Waals surface area contributed by atoms with Gasteiger partial charge >= 0.3 is 0 Å². The minimum absolute atomic E-state index is 0.579. The van der Waals surface area contributed by atoms with Crippen molar-refractivity contribution in [3.63, 3.8) is 0 Å². The molecule has 3 saturated heterocycles. The molecule has 3 fully saturated rings. The monoisotopic (exact) mass is 348 g/mol. The highest BCUT2D eigenvalue weighted by atomic mass is 32.1. The quantitative estimate of drug-likeness (QED) is 0.824. The summed E-state index contributed by atoms with van der Waals surface area (Å²) >= 11 is 1.97. The molecule has 0 unspecified atom stereocenters. The molecular formula is C20H32N2OS. The summed E-state index contributed by atoms with van der Waals surface area (Å²) in [6, 6.07) is 4.59. The normalized spacial score (nSPS) is 30.4. The maximum atomic E-state index is 5.53. The Morgan fingerprint density at radius 3 is 2.75 bits per heavy atom. The van der Waals surface area contributed by atoms with E-state index in [1.54, 1.807) is 4.88 Å². The van der Waals surface area contributed by atoms with Crippen molar-refractivity contribution in [1.82, 2.24) is 9.80 Å². The van der Waals surface area contributed by atoms with E-state index in [9.17, 15) is 0 Å². The highest BCUT2D eigenvalue weighted by Crippen LogP contribution is 2.40. The Morgan fingerprint density at radius 1 is 1.12 bits per heavy atom. The molecule has 4 heterocycles. The fourth-order valence-corrected chi connectivity index (χ4v) is 5.98. The van der Waals surface area contributed by atoms with Gasteiger partial charge in [-0.25, -0.2) is 0 Å². The van der Waals surface area contributed by atoms with Gasteiger partial charge in [-0.05, 0) is 75.6 Å². The molecule has 4 rings (SSSR count). The summed E-state index contributed by atoms with van der Waals surface area (Å²) < 4.78 is 5.53. The van der Waals surface area contributed by atoms with Crippen LogP contribution in [0, 0.1) is 18.3 Å². The summed E-state index contributed by atoms with van der Waals surface area (Å²) in [6.07, 6.45) is 6.79. The van der Waals surface area contributed by atoms with E-state index in [-0.39, 0.29) is 0 Å². The number of rotatable bonds is 4. The second kappa shape index (κ2) is 7.45. The number of hydrogen-bond acceptors (Lipinski definition) is 4. The predicted molar refractivity (Wildman–Crippen MR) is 101 cm³/mol. The molecule has 24 heavy (non-hydrogen) atoms. The van der Waals surface area contributed by atoms with Crippen molar-refractivity contribution in [3.05, 3.63) is 21.9 Å². The third-order valence-electron chi connectivity index (χ3n) is 6.29. The van der Waals surface area contributed by atoms with E-state index in [0.717, 1.165) is 19.1 Å².